The monoisotopic (exact) mass is 485 g/mol. The van der Waals surface area contributed by atoms with Gasteiger partial charge in [-0.15, -0.1) is 5.10 Å². The maximum atomic E-state index is 13.1. The second-order valence-corrected chi connectivity index (χ2v) is 11.8. The topological polar surface area (TPSA) is 106 Å². The molecule has 1 saturated heterocycles. The lowest BCUT2D eigenvalue weighted by Gasteiger charge is -2.30. The first-order valence-electron chi connectivity index (χ1n) is 11.4. The molecule has 0 bridgehead atoms. The van der Waals surface area contributed by atoms with E-state index in [2.05, 4.69) is 43.3 Å². The van der Waals surface area contributed by atoms with Gasteiger partial charge in [0, 0.05) is 18.8 Å². The number of piperidine rings is 1. The second-order valence-electron chi connectivity index (χ2n) is 9.87. The van der Waals surface area contributed by atoms with E-state index < -0.39 is 10.0 Å². The summed E-state index contributed by atoms with van der Waals surface area (Å²) in [5, 5.41) is 10.7. The number of amides is 1. The number of nitrogens with one attached hydrogen (secondary N) is 1. The summed E-state index contributed by atoms with van der Waals surface area (Å²) in [5.41, 5.74) is 2.71. The number of benzene rings is 2. The minimum atomic E-state index is -3.64. The third-order valence-corrected chi connectivity index (χ3v) is 7.86. The number of rotatable bonds is 6. The van der Waals surface area contributed by atoms with Gasteiger partial charge in [-0.3, -0.25) is 4.79 Å². The highest BCUT2D eigenvalue weighted by Gasteiger charge is 2.29. The first kappa shape index (κ1) is 24.2. The molecule has 34 heavy (non-hydrogen) atoms. The minimum Gasteiger partial charge on any atom is -0.385 e. The summed E-state index contributed by atoms with van der Waals surface area (Å²) in [6.45, 7) is 9.14. The van der Waals surface area contributed by atoms with E-state index in [0.717, 1.165) is 17.7 Å². The average molecular weight is 486 g/mol. The predicted octanol–water partition coefficient (Wildman–Crippen LogP) is 3.22. The van der Waals surface area contributed by atoms with Crippen LogP contribution in [-0.4, -0.2) is 53.5 Å². The molecule has 0 aliphatic carbocycles. The summed E-state index contributed by atoms with van der Waals surface area (Å²) in [4.78, 5) is 19.2. The molecule has 1 unspecified atom stereocenters. The van der Waals surface area contributed by atoms with Crippen molar-refractivity contribution in [2.45, 2.75) is 50.8 Å². The Morgan fingerprint density at radius 1 is 1.18 bits per heavy atom. The van der Waals surface area contributed by atoms with Gasteiger partial charge in [-0.2, -0.15) is 4.31 Å². The van der Waals surface area contributed by atoms with E-state index in [1.807, 2.05) is 24.3 Å². The van der Waals surface area contributed by atoms with Gasteiger partial charge in [-0.1, -0.05) is 44.7 Å². The van der Waals surface area contributed by atoms with Crippen molar-refractivity contribution in [3.8, 4) is 0 Å². The lowest BCUT2D eigenvalue weighted by molar-refractivity contribution is -0.121. The van der Waals surface area contributed by atoms with Crippen LogP contribution in [0.5, 0.6) is 0 Å². The molecule has 2 aromatic carbocycles. The molecule has 0 saturated carbocycles. The number of aromatic nitrogens is 3. The molecule has 1 aromatic heterocycles. The Bertz CT molecular complexity index is 1280. The number of carbonyl (C=O) groups is 1. The van der Waals surface area contributed by atoms with Gasteiger partial charge in [-0.25, -0.2) is 8.42 Å². The molecule has 10 heteroatoms. The van der Waals surface area contributed by atoms with Crippen LogP contribution in [0.4, 0.5) is 5.69 Å². The molecule has 1 amide bonds. The van der Waals surface area contributed by atoms with Crippen molar-refractivity contribution < 1.29 is 18.0 Å². The standard InChI is InChI=1S/C24H31N5O4S/c1-17-6-5-13-28(15-17)34(31,32)20-11-12-21-22(14-20)29(27-26-21)33-16-23(30)25-19-9-7-18(8-10-19)24(2,3)4/h7-12,14,17H,5-6,13,15-16H2,1-4H3,(H,25,30). The van der Waals surface area contributed by atoms with Crippen LogP contribution in [0.25, 0.3) is 11.0 Å². The lowest BCUT2D eigenvalue weighted by atomic mass is 9.87. The summed E-state index contributed by atoms with van der Waals surface area (Å²) in [7, 11) is -3.64. The zero-order valence-electron chi connectivity index (χ0n) is 20.0. The van der Waals surface area contributed by atoms with E-state index >= 15 is 0 Å². The molecule has 2 heterocycles. The number of nitrogens with zero attached hydrogens (tertiary/aromatic N) is 4. The molecule has 1 N–H and O–H groups in total. The fraction of sp³-hybridized carbons (Fsp3) is 0.458. The Balaban J connectivity index is 1.45. The Labute approximate surface area is 200 Å². The average Bonchev–Trinajstić information content (AvgIpc) is 3.20. The first-order valence-corrected chi connectivity index (χ1v) is 12.9. The first-order chi connectivity index (χ1) is 16.0. The molecule has 1 aliphatic rings. The summed E-state index contributed by atoms with van der Waals surface area (Å²) in [6.07, 6.45) is 1.87. The van der Waals surface area contributed by atoms with Crippen LogP contribution in [0.2, 0.25) is 0 Å². The second kappa shape index (κ2) is 9.34. The summed E-state index contributed by atoms with van der Waals surface area (Å²) < 4.78 is 27.8. The van der Waals surface area contributed by atoms with Gasteiger partial charge < -0.3 is 10.2 Å². The molecular weight excluding hydrogens is 454 g/mol. The molecule has 1 fully saturated rings. The number of hydrogen-bond acceptors (Lipinski definition) is 6. The van der Waals surface area contributed by atoms with Gasteiger partial charge in [0.25, 0.3) is 5.91 Å². The van der Waals surface area contributed by atoms with Gasteiger partial charge >= 0.3 is 0 Å². The smallest absolute Gasteiger partial charge is 0.265 e. The number of carbonyl (C=O) groups excluding carboxylic acids is 1. The predicted molar refractivity (Wildman–Crippen MR) is 130 cm³/mol. The van der Waals surface area contributed by atoms with Crippen LogP contribution < -0.4 is 10.2 Å². The molecule has 1 atom stereocenters. The largest absolute Gasteiger partial charge is 0.385 e. The van der Waals surface area contributed by atoms with E-state index in [9.17, 15) is 13.2 Å². The zero-order chi connectivity index (χ0) is 24.5. The van der Waals surface area contributed by atoms with Crippen LogP contribution >= 0.6 is 0 Å². The van der Waals surface area contributed by atoms with E-state index in [0.29, 0.717) is 35.7 Å². The molecule has 182 valence electrons. The third-order valence-electron chi connectivity index (χ3n) is 6.00. The highest BCUT2D eigenvalue weighted by Crippen LogP contribution is 2.26. The Hall–Kier alpha value is -2.98. The molecule has 9 nitrogen and oxygen atoms in total. The van der Waals surface area contributed by atoms with Crippen LogP contribution in [0, 0.1) is 5.92 Å². The molecular formula is C24H31N5O4S. The van der Waals surface area contributed by atoms with E-state index in [4.69, 9.17) is 4.84 Å². The van der Waals surface area contributed by atoms with Gasteiger partial charge in [0.2, 0.25) is 10.0 Å². The number of sulfonamides is 1. The van der Waals surface area contributed by atoms with Crippen molar-refractivity contribution in [3.05, 3.63) is 48.0 Å². The number of hydrogen-bond donors (Lipinski definition) is 1. The van der Waals surface area contributed by atoms with Crippen LogP contribution in [0.1, 0.15) is 46.1 Å². The third kappa shape index (κ3) is 5.23. The highest BCUT2D eigenvalue weighted by atomic mass is 32.2. The van der Waals surface area contributed by atoms with Crippen LogP contribution in [0.3, 0.4) is 0 Å². The molecule has 3 aromatic rings. The maximum Gasteiger partial charge on any atom is 0.265 e. The van der Waals surface area contributed by atoms with E-state index in [1.54, 1.807) is 6.07 Å². The van der Waals surface area contributed by atoms with E-state index in [-0.39, 0.29) is 22.8 Å². The van der Waals surface area contributed by atoms with E-state index in [1.165, 1.54) is 22.0 Å². The van der Waals surface area contributed by atoms with Crippen molar-refractivity contribution in [1.82, 2.24) is 19.5 Å². The number of fused-ring (bicyclic) bond motifs is 1. The van der Waals surface area contributed by atoms with Crippen LogP contribution in [-0.2, 0) is 20.2 Å². The zero-order valence-corrected chi connectivity index (χ0v) is 20.8. The molecule has 0 spiro atoms. The Morgan fingerprint density at radius 3 is 2.59 bits per heavy atom. The van der Waals surface area contributed by atoms with Gasteiger partial charge in [-0.05, 0) is 65.3 Å². The minimum absolute atomic E-state index is 0.0262. The van der Waals surface area contributed by atoms with Crippen molar-refractivity contribution in [2.75, 3.05) is 25.0 Å². The Morgan fingerprint density at radius 2 is 1.91 bits per heavy atom. The fourth-order valence-corrected chi connectivity index (χ4v) is 5.64. The Kier molecular flexibility index (Phi) is 6.64. The summed E-state index contributed by atoms with van der Waals surface area (Å²) in [6, 6.07) is 12.3. The summed E-state index contributed by atoms with van der Waals surface area (Å²) >= 11 is 0. The van der Waals surface area contributed by atoms with Crippen molar-refractivity contribution in [2.24, 2.45) is 5.92 Å². The fourth-order valence-electron chi connectivity index (χ4n) is 4.02. The van der Waals surface area contributed by atoms with Gasteiger partial charge in [0.05, 0.1) is 4.90 Å². The summed E-state index contributed by atoms with van der Waals surface area (Å²) in [5.74, 6) is -0.0378. The quantitative estimate of drug-likeness (QED) is 0.575. The van der Waals surface area contributed by atoms with Crippen molar-refractivity contribution >= 4 is 32.7 Å². The maximum absolute atomic E-state index is 13.1. The lowest BCUT2D eigenvalue weighted by Crippen LogP contribution is -2.39. The SMILES string of the molecule is CC1CCCN(S(=O)(=O)c2ccc3nnn(OCC(=O)Nc4ccc(C(C)(C)C)cc4)c3c2)C1. The van der Waals surface area contributed by atoms with Gasteiger partial charge in [0.15, 0.2) is 6.61 Å². The van der Waals surface area contributed by atoms with Crippen LogP contribution in [0.15, 0.2) is 47.4 Å². The molecule has 4 rings (SSSR count). The van der Waals surface area contributed by atoms with Crippen molar-refractivity contribution in [1.29, 1.82) is 0 Å². The normalized spacial score (nSPS) is 17.6. The van der Waals surface area contributed by atoms with Gasteiger partial charge in [0.1, 0.15) is 11.0 Å². The highest BCUT2D eigenvalue weighted by molar-refractivity contribution is 7.89. The number of anilines is 1. The molecule has 0 radical (unpaired) electrons. The molecule has 1 aliphatic heterocycles. The van der Waals surface area contributed by atoms with Crippen molar-refractivity contribution in [3.63, 3.8) is 0 Å².